The standard InChI is InChI=1S/C73H76N5O2/c1-68(2,3)47-32-37-74-64(40-47)78-59-23-16-15-20-52(59)53-29-28-49(43-62(53)78)79-63-42-48(41-58-66(63)80-67(75-58)69(4,5)6)76-44-77(61-25-18-17-24-60(61)76)65-50(45-26-30-54-56(38-45)72(11,12)35-33-70(54,7)8)21-19-22-51(65)46-27-31-55-57(39-46)73(13,14)36-34-71(55,9)10/h15-32,37-44H,33-36H2,1-14H3/q+1/i7D3,8D3,9D3,10D3,11D3,12D3,13D3,14D3,26D,27D,30D,31D,33D2,34D2,35D2,36D2,38D,39D. The first kappa shape index (κ1) is 24.5. The third kappa shape index (κ3) is 8.48. The average Bonchev–Trinajstić information content (AvgIpc) is 0.771. The van der Waals surface area contributed by atoms with E-state index in [1.54, 1.807) is 18.3 Å². The molecule has 0 saturated heterocycles. The molecular weight excluding hydrogens is 979 g/mol. The summed E-state index contributed by atoms with van der Waals surface area (Å²) < 4.78 is 373. The van der Waals surface area contributed by atoms with Gasteiger partial charge in [-0.1, -0.05) is 181 Å². The zero-order valence-corrected chi connectivity index (χ0v) is 44.1. The number of oxazole rings is 1. The van der Waals surface area contributed by atoms with Crippen molar-refractivity contribution in [2.45, 2.75) is 154 Å². The number of imidazole rings is 1. The van der Waals surface area contributed by atoms with Crippen LogP contribution in [0.1, 0.15) is 208 Å². The summed E-state index contributed by atoms with van der Waals surface area (Å²) >= 11 is 0. The Bertz CT molecular complexity index is 5760. The average molecular weight is 1090 g/mol. The number of ether oxygens (including phenoxy) is 1. The van der Waals surface area contributed by atoms with E-state index < -0.39 is 194 Å². The summed E-state index contributed by atoms with van der Waals surface area (Å²) in [4.78, 5) is 9.74. The van der Waals surface area contributed by atoms with Crippen LogP contribution in [0.25, 0.3) is 83.4 Å². The van der Waals surface area contributed by atoms with E-state index in [4.69, 9.17) is 52.0 Å². The molecule has 0 fully saturated rings. The Labute approximate surface area is 525 Å². The second-order valence-electron chi connectivity index (χ2n) is 22.4. The maximum Gasteiger partial charge on any atom is 0.255 e. The predicted octanol–water partition coefficient (Wildman–Crippen LogP) is 19.0. The van der Waals surface area contributed by atoms with Gasteiger partial charge in [0.05, 0.1) is 19.3 Å². The summed E-state index contributed by atoms with van der Waals surface area (Å²) in [7, 11) is 0. The zero-order valence-electron chi connectivity index (χ0n) is 82.1. The molecular formula is C73H76N5O2+. The summed E-state index contributed by atoms with van der Waals surface area (Å²) in [5.41, 5.74) is -30.2. The second kappa shape index (κ2) is 17.9. The second-order valence-corrected chi connectivity index (χ2v) is 22.4. The molecule has 0 amide bonds. The van der Waals surface area contributed by atoms with Gasteiger partial charge in [0.1, 0.15) is 28.5 Å². The molecule has 11 aromatic rings. The van der Waals surface area contributed by atoms with Gasteiger partial charge in [-0.25, -0.2) is 9.97 Å². The monoisotopic (exact) mass is 1090 g/mol. The quantitative estimate of drug-likeness (QED) is 0.149. The Kier molecular flexibility index (Phi) is 5.48. The molecule has 4 aromatic heterocycles. The van der Waals surface area contributed by atoms with Crippen LogP contribution in [-0.2, 0) is 32.5 Å². The molecule has 404 valence electrons. The lowest BCUT2D eigenvalue weighted by molar-refractivity contribution is -0.566. The number of rotatable bonds is 7. The number of fused-ring (bicyclic) bond motifs is 7. The molecule has 0 aliphatic heterocycles. The van der Waals surface area contributed by atoms with Crippen molar-refractivity contribution in [2.75, 3.05) is 0 Å². The van der Waals surface area contributed by atoms with Crippen LogP contribution in [0.15, 0.2) is 162 Å². The molecule has 0 unspecified atom stereocenters. The first-order valence-electron chi connectivity index (χ1n) is 44.6. The number of aromatic nitrogens is 5. The lowest BCUT2D eigenvalue weighted by Crippen LogP contribution is -2.34. The number of para-hydroxylation sites is 4. The van der Waals surface area contributed by atoms with Gasteiger partial charge in [0.2, 0.25) is 5.89 Å². The number of hydrogen-bond acceptors (Lipinski definition) is 4. The van der Waals surface area contributed by atoms with Gasteiger partial charge in [0.15, 0.2) is 22.4 Å². The molecule has 2 aliphatic rings. The summed E-state index contributed by atoms with van der Waals surface area (Å²) in [5, 5.41) is 1.66. The molecule has 7 nitrogen and oxygen atoms in total. The maximum atomic E-state index is 10.5. The minimum absolute atomic E-state index is 0.0249. The van der Waals surface area contributed by atoms with Gasteiger partial charge in [-0.3, -0.25) is 4.57 Å². The van der Waals surface area contributed by atoms with E-state index in [-0.39, 0.29) is 50.6 Å². The molecule has 0 saturated carbocycles. The van der Waals surface area contributed by atoms with Crippen LogP contribution in [-0.4, -0.2) is 19.1 Å². The maximum absolute atomic E-state index is 10.5. The lowest BCUT2D eigenvalue weighted by atomic mass is 9.62. The van der Waals surface area contributed by atoms with Gasteiger partial charge in [-0.15, -0.1) is 0 Å². The van der Waals surface area contributed by atoms with Crippen LogP contribution in [0.4, 0.5) is 0 Å². The van der Waals surface area contributed by atoms with Gasteiger partial charge in [0, 0.05) is 95.6 Å². The van der Waals surface area contributed by atoms with E-state index in [9.17, 15) is 19.2 Å². The minimum atomic E-state index is -4.86. The van der Waals surface area contributed by atoms with Gasteiger partial charge < -0.3 is 9.15 Å². The third-order valence-electron chi connectivity index (χ3n) is 14.5. The first-order chi connectivity index (χ1) is 53.5. The van der Waals surface area contributed by atoms with E-state index in [1.807, 2.05) is 67.8 Å². The minimum Gasteiger partial charge on any atom is -0.453 e. The van der Waals surface area contributed by atoms with Crippen LogP contribution in [0.2, 0.25) is 0 Å². The van der Waals surface area contributed by atoms with Crippen LogP contribution < -0.4 is 9.30 Å². The molecule has 0 N–H and O–H groups in total. The van der Waals surface area contributed by atoms with E-state index in [0.29, 0.717) is 11.3 Å². The third-order valence-corrected chi connectivity index (χ3v) is 14.5. The smallest absolute Gasteiger partial charge is 0.255 e. The Morgan fingerprint density at radius 3 is 1.84 bits per heavy atom. The van der Waals surface area contributed by atoms with Crippen LogP contribution in [0.5, 0.6) is 11.5 Å². The van der Waals surface area contributed by atoms with Crippen molar-refractivity contribution < 1.29 is 65.8 Å². The van der Waals surface area contributed by atoms with Crippen molar-refractivity contribution >= 4 is 43.9 Å². The molecule has 13 rings (SSSR count). The first-order valence-corrected chi connectivity index (χ1v) is 25.6. The fourth-order valence-electron chi connectivity index (χ4n) is 10.5. The highest BCUT2D eigenvalue weighted by Crippen LogP contribution is 2.50. The van der Waals surface area contributed by atoms with Crippen molar-refractivity contribution in [3.8, 4) is 50.9 Å². The zero-order chi connectivity index (χ0) is 88.4. The number of nitrogens with zero attached hydrogens (tertiary/aromatic N) is 5. The molecule has 0 spiro atoms. The highest BCUT2D eigenvalue weighted by atomic mass is 16.5. The van der Waals surface area contributed by atoms with Crippen LogP contribution in [0.3, 0.4) is 0 Å². The van der Waals surface area contributed by atoms with E-state index in [1.165, 1.54) is 47.3 Å². The van der Waals surface area contributed by atoms with E-state index in [2.05, 4.69) is 20.8 Å². The fourth-order valence-corrected chi connectivity index (χ4v) is 10.5. The summed E-state index contributed by atoms with van der Waals surface area (Å²) in [5.74, 6) is 0.948. The normalized spacial score (nSPS) is 27.3. The van der Waals surface area contributed by atoms with Gasteiger partial charge in [0.25, 0.3) is 6.33 Å². The molecule has 0 atom stereocenters. The van der Waals surface area contributed by atoms with Crippen LogP contribution in [0, 0.1) is 0 Å². The van der Waals surface area contributed by atoms with E-state index >= 15 is 0 Å². The Morgan fingerprint density at radius 1 is 0.613 bits per heavy atom. The molecule has 2 aliphatic carbocycles. The SMILES string of the molecule is [2H]c1c([2H])c2c(c([2H])c1-c1cccc(-c3c([2H])c([2H])c4c(c3[2H])C(C([2H])([2H])[2H])(C([2H])([2H])[2H])C([2H])([2H])C([2H])([2H])C4(C([2H])([2H])[2H])C([2H])([2H])[2H])c1-[n+]1cn(-c3cc(Oc4ccc5c6ccccc6n(-c6cc(C(C)(C)C)ccn6)c5c4)c4oc(C(C)(C)C)nc4c3)c3ccccc31)C(C([2H])([2H])[2H])(C([2H])([2H])[2H])C([2H])([2H])C([2H])([2H])C2(C([2H])([2H])[2H])C([2H])([2H])[2H]. The van der Waals surface area contributed by atoms with Gasteiger partial charge in [-0.05, 0) is 134 Å². The number of pyridine rings is 1. The van der Waals surface area contributed by atoms with Crippen molar-refractivity contribution in [3.63, 3.8) is 0 Å². The molecule has 0 bridgehead atoms. The highest BCUT2D eigenvalue weighted by Gasteiger charge is 2.40. The Morgan fingerprint density at radius 2 is 1.21 bits per heavy atom. The lowest BCUT2D eigenvalue weighted by Gasteiger charge is -2.42. The number of hydrogen-bond donors (Lipinski definition) is 0. The number of benzene rings is 7. The summed E-state index contributed by atoms with van der Waals surface area (Å²) in [6.07, 6.45) is -16.4. The largest absolute Gasteiger partial charge is 0.453 e. The summed E-state index contributed by atoms with van der Waals surface area (Å²) in [6.45, 7) is -24.9. The van der Waals surface area contributed by atoms with Crippen molar-refractivity contribution in [1.82, 2.24) is 19.1 Å². The molecule has 7 aromatic carbocycles. The topological polar surface area (TPSA) is 61.9 Å². The van der Waals surface area contributed by atoms with Gasteiger partial charge >= 0.3 is 0 Å². The molecule has 7 heteroatoms. The van der Waals surface area contributed by atoms with Crippen molar-refractivity contribution in [1.29, 1.82) is 0 Å². The van der Waals surface area contributed by atoms with E-state index in [0.717, 1.165) is 44.6 Å². The van der Waals surface area contributed by atoms with Crippen molar-refractivity contribution in [2.24, 2.45) is 0 Å². The van der Waals surface area contributed by atoms with Crippen LogP contribution >= 0.6 is 0 Å². The molecule has 4 heterocycles. The summed E-state index contributed by atoms with van der Waals surface area (Å²) in [6, 6.07) is 18.0. The Balaban J connectivity index is 1.22. The predicted molar refractivity (Wildman–Crippen MR) is 330 cm³/mol. The van der Waals surface area contributed by atoms with Gasteiger partial charge in [-0.2, -0.15) is 9.13 Å². The fraction of sp³-hybridized carbons (Fsp3) is 0.329. The van der Waals surface area contributed by atoms with Crippen molar-refractivity contribution in [3.05, 3.63) is 192 Å². The Hall–Kier alpha value is -7.77. The molecule has 80 heavy (non-hydrogen) atoms. The molecule has 0 radical (unpaired) electrons. The highest BCUT2D eigenvalue weighted by molar-refractivity contribution is 6.09.